The standard InChI is InChI=1S/C21H22N2O2/c1-21(2)11-15(24)19-17(12-21)25-16(9-10-23(3)4)20-18(19)13-7-5-6-8-14(13)22-20/h5-10H,11-12H2,1-4H3. The van der Waals surface area contributed by atoms with E-state index < -0.39 is 0 Å². The van der Waals surface area contributed by atoms with Crippen molar-refractivity contribution in [2.75, 3.05) is 14.1 Å². The molecule has 0 atom stereocenters. The van der Waals surface area contributed by atoms with E-state index in [1.807, 2.05) is 55.5 Å². The Balaban J connectivity index is 2.07. The Morgan fingerprint density at radius 2 is 1.92 bits per heavy atom. The van der Waals surface area contributed by atoms with Gasteiger partial charge < -0.3 is 9.32 Å². The van der Waals surface area contributed by atoms with Gasteiger partial charge in [-0.05, 0) is 17.6 Å². The first kappa shape index (κ1) is 15.9. The lowest BCUT2D eigenvalue weighted by Gasteiger charge is -2.30. The SMILES string of the molecule is CN(C)C=Cc1oc2c(c3c4ccccc4nc1-3)C(=O)CC(C)(C)C2. The molecule has 0 amide bonds. The van der Waals surface area contributed by atoms with Crippen molar-refractivity contribution in [1.29, 1.82) is 0 Å². The van der Waals surface area contributed by atoms with Gasteiger partial charge in [-0.2, -0.15) is 0 Å². The van der Waals surface area contributed by atoms with E-state index in [1.165, 1.54) is 0 Å². The fraction of sp³-hybridized carbons (Fsp3) is 0.333. The molecule has 2 aliphatic heterocycles. The normalized spacial score (nSPS) is 16.7. The zero-order chi connectivity index (χ0) is 17.8. The highest BCUT2D eigenvalue weighted by Gasteiger charge is 2.37. The summed E-state index contributed by atoms with van der Waals surface area (Å²) in [6.45, 7) is 4.23. The Labute approximate surface area is 147 Å². The number of benzene rings is 1. The lowest BCUT2D eigenvalue weighted by Crippen LogP contribution is -2.27. The molecule has 1 aromatic rings. The molecule has 0 spiro atoms. The van der Waals surface area contributed by atoms with E-state index in [9.17, 15) is 4.79 Å². The van der Waals surface area contributed by atoms with Crippen LogP contribution in [0.5, 0.6) is 0 Å². The minimum absolute atomic E-state index is 0.0837. The van der Waals surface area contributed by atoms with E-state index in [0.29, 0.717) is 12.2 Å². The van der Waals surface area contributed by atoms with Crippen molar-refractivity contribution in [3.8, 4) is 11.3 Å². The fourth-order valence-electron chi connectivity index (χ4n) is 3.66. The van der Waals surface area contributed by atoms with Gasteiger partial charge >= 0.3 is 0 Å². The van der Waals surface area contributed by atoms with Gasteiger partial charge in [0.2, 0.25) is 0 Å². The van der Waals surface area contributed by atoms with Crippen molar-refractivity contribution >= 4 is 22.8 Å². The van der Waals surface area contributed by atoms with E-state index in [1.54, 1.807) is 0 Å². The Morgan fingerprint density at radius 1 is 1.16 bits per heavy atom. The Bertz CT molecular complexity index is 979. The molecule has 0 saturated heterocycles. The molecule has 0 radical (unpaired) electrons. The Kier molecular flexibility index (Phi) is 3.46. The minimum atomic E-state index is -0.0837. The second-order valence-electron chi connectivity index (χ2n) is 7.84. The van der Waals surface area contributed by atoms with Gasteiger partial charge in [0.05, 0.1) is 11.1 Å². The van der Waals surface area contributed by atoms with Crippen LogP contribution < -0.4 is 0 Å². The number of ketones is 1. The van der Waals surface area contributed by atoms with Crippen molar-refractivity contribution in [2.45, 2.75) is 26.7 Å². The highest BCUT2D eigenvalue weighted by molar-refractivity contribution is 6.12. The number of nitrogens with zero attached hydrogens (tertiary/aromatic N) is 2. The number of aromatic nitrogens is 1. The molecular weight excluding hydrogens is 312 g/mol. The van der Waals surface area contributed by atoms with Gasteiger partial charge in [0.1, 0.15) is 11.5 Å². The molecule has 4 heteroatoms. The average molecular weight is 334 g/mol. The van der Waals surface area contributed by atoms with E-state index in [-0.39, 0.29) is 11.2 Å². The van der Waals surface area contributed by atoms with Crippen LogP contribution in [0.15, 0.2) is 34.9 Å². The summed E-state index contributed by atoms with van der Waals surface area (Å²) in [4.78, 5) is 19.6. The van der Waals surface area contributed by atoms with Crippen molar-refractivity contribution in [3.63, 3.8) is 0 Å². The lowest BCUT2D eigenvalue weighted by atomic mass is 9.74. The maximum atomic E-state index is 12.9. The monoisotopic (exact) mass is 334 g/mol. The van der Waals surface area contributed by atoms with E-state index in [0.717, 1.165) is 39.9 Å². The van der Waals surface area contributed by atoms with Gasteiger partial charge in [0.25, 0.3) is 0 Å². The third-order valence-electron chi connectivity index (χ3n) is 4.72. The van der Waals surface area contributed by atoms with Crippen LogP contribution >= 0.6 is 0 Å². The first-order valence-corrected chi connectivity index (χ1v) is 8.58. The van der Waals surface area contributed by atoms with Gasteiger partial charge in [0, 0.05) is 44.1 Å². The quantitative estimate of drug-likeness (QED) is 0.686. The topological polar surface area (TPSA) is 46.3 Å². The molecule has 0 saturated carbocycles. The predicted octanol–water partition coefficient (Wildman–Crippen LogP) is 4.62. The smallest absolute Gasteiger partial charge is 0.167 e. The molecule has 1 aromatic carbocycles. The van der Waals surface area contributed by atoms with Crippen LogP contribution in [0, 0.1) is 5.41 Å². The van der Waals surface area contributed by atoms with Crippen molar-refractivity contribution in [3.05, 3.63) is 47.5 Å². The summed E-state index contributed by atoms with van der Waals surface area (Å²) in [5.41, 5.74) is 3.25. The van der Waals surface area contributed by atoms with Gasteiger partial charge in [-0.3, -0.25) is 4.79 Å². The van der Waals surface area contributed by atoms with Crippen LogP contribution in [0.1, 0.15) is 42.1 Å². The number of carbonyl (C=O) groups is 1. The maximum Gasteiger partial charge on any atom is 0.167 e. The molecular formula is C21H22N2O2. The molecule has 1 aliphatic carbocycles. The molecule has 0 aromatic heterocycles. The summed E-state index contributed by atoms with van der Waals surface area (Å²) < 4.78 is 6.20. The fourth-order valence-corrected chi connectivity index (χ4v) is 3.66. The molecule has 0 unspecified atom stereocenters. The molecule has 0 N–H and O–H groups in total. The van der Waals surface area contributed by atoms with Gasteiger partial charge in [-0.1, -0.05) is 32.0 Å². The van der Waals surface area contributed by atoms with Crippen LogP contribution in [0.25, 0.3) is 28.2 Å². The first-order chi connectivity index (χ1) is 11.9. The van der Waals surface area contributed by atoms with Crippen LogP contribution in [-0.4, -0.2) is 29.8 Å². The van der Waals surface area contributed by atoms with Gasteiger partial charge in [0.15, 0.2) is 11.5 Å². The number of para-hydroxylation sites is 1. The molecule has 3 aliphatic rings. The van der Waals surface area contributed by atoms with Crippen LogP contribution in [0.4, 0.5) is 0 Å². The molecule has 4 rings (SSSR count). The molecule has 128 valence electrons. The number of carbonyl (C=O) groups excluding carboxylic acids is 1. The van der Waals surface area contributed by atoms with Crippen LogP contribution in [0.2, 0.25) is 0 Å². The molecule has 0 bridgehead atoms. The summed E-state index contributed by atoms with van der Waals surface area (Å²) in [7, 11) is 3.93. The number of rotatable bonds is 2. The third-order valence-corrected chi connectivity index (χ3v) is 4.72. The number of Topliss-reactive ketones (excluding diaryl/α,β-unsaturated/α-hetero) is 1. The predicted molar refractivity (Wildman–Crippen MR) is 99.8 cm³/mol. The zero-order valence-corrected chi connectivity index (χ0v) is 15.1. The van der Waals surface area contributed by atoms with Gasteiger partial charge in [-0.25, -0.2) is 4.98 Å². The summed E-state index contributed by atoms with van der Waals surface area (Å²) in [6.07, 6.45) is 5.17. The molecule has 25 heavy (non-hydrogen) atoms. The van der Waals surface area contributed by atoms with Crippen LogP contribution in [0.3, 0.4) is 0 Å². The maximum absolute atomic E-state index is 12.9. The molecule has 0 fully saturated rings. The second kappa shape index (κ2) is 5.45. The van der Waals surface area contributed by atoms with Crippen molar-refractivity contribution in [2.24, 2.45) is 5.41 Å². The largest absolute Gasteiger partial charge is 0.459 e. The van der Waals surface area contributed by atoms with Crippen LogP contribution in [-0.2, 0) is 6.42 Å². The van der Waals surface area contributed by atoms with Crippen molar-refractivity contribution in [1.82, 2.24) is 9.88 Å². The zero-order valence-electron chi connectivity index (χ0n) is 15.1. The van der Waals surface area contributed by atoms with Crippen molar-refractivity contribution < 1.29 is 9.21 Å². The molecule has 2 heterocycles. The average Bonchev–Trinajstić information content (AvgIpc) is 2.90. The number of hydrogen-bond acceptors (Lipinski definition) is 4. The Hall–Kier alpha value is -2.62. The highest BCUT2D eigenvalue weighted by atomic mass is 16.3. The second-order valence-corrected chi connectivity index (χ2v) is 7.84. The minimum Gasteiger partial charge on any atom is -0.459 e. The summed E-state index contributed by atoms with van der Waals surface area (Å²) in [6, 6.07) is 7.99. The van der Waals surface area contributed by atoms with E-state index in [2.05, 4.69) is 13.8 Å². The summed E-state index contributed by atoms with van der Waals surface area (Å²) >= 11 is 0. The molecule has 4 nitrogen and oxygen atoms in total. The lowest BCUT2D eigenvalue weighted by molar-refractivity contribution is 0.0899. The number of hydrogen-bond donors (Lipinski definition) is 0. The summed E-state index contributed by atoms with van der Waals surface area (Å²) in [5.74, 6) is 1.65. The number of fused-ring (bicyclic) bond motifs is 5. The summed E-state index contributed by atoms with van der Waals surface area (Å²) in [5, 5.41) is 1.03. The highest BCUT2D eigenvalue weighted by Crippen LogP contribution is 2.44. The van der Waals surface area contributed by atoms with Gasteiger partial charge in [-0.15, -0.1) is 0 Å². The van der Waals surface area contributed by atoms with E-state index in [4.69, 9.17) is 9.40 Å². The Morgan fingerprint density at radius 3 is 2.68 bits per heavy atom. The first-order valence-electron chi connectivity index (χ1n) is 8.58. The third kappa shape index (κ3) is 2.62. The van der Waals surface area contributed by atoms with E-state index >= 15 is 0 Å².